The van der Waals surface area contributed by atoms with Crippen LogP contribution in [0.15, 0.2) is 11.6 Å². The first kappa shape index (κ1) is 9.55. The summed E-state index contributed by atoms with van der Waals surface area (Å²) >= 11 is 5.33. The van der Waals surface area contributed by atoms with Gasteiger partial charge in [-0.3, -0.25) is 10.1 Å². The van der Waals surface area contributed by atoms with E-state index in [1.54, 1.807) is 6.08 Å². The lowest BCUT2D eigenvalue weighted by Gasteiger charge is -2.19. The number of halogens is 1. The van der Waals surface area contributed by atoms with Crippen LogP contribution in [0.25, 0.3) is 0 Å². The maximum atomic E-state index is 11.1. The minimum Gasteiger partial charge on any atom is -0.464 e. The van der Waals surface area contributed by atoms with E-state index in [4.69, 9.17) is 16.3 Å². The van der Waals surface area contributed by atoms with Crippen molar-refractivity contribution in [1.29, 1.82) is 0 Å². The molecule has 1 aliphatic heterocycles. The smallest absolute Gasteiger partial charge is 0.326 e. The Morgan fingerprint density at radius 1 is 1.83 bits per heavy atom. The summed E-state index contributed by atoms with van der Waals surface area (Å²) in [6.07, 6.45) is 2.47. The second-order valence-corrected chi connectivity index (χ2v) is 3.21. The monoisotopic (exact) mass is 189 g/mol. The molecule has 0 aliphatic carbocycles. The van der Waals surface area contributed by atoms with Crippen LogP contribution < -0.4 is 5.32 Å². The van der Waals surface area contributed by atoms with Gasteiger partial charge in [-0.25, -0.2) is 0 Å². The molecule has 1 unspecified atom stereocenters. The van der Waals surface area contributed by atoms with E-state index < -0.39 is 5.54 Å². The molecule has 12 heavy (non-hydrogen) atoms. The molecule has 0 saturated carbocycles. The highest BCUT2D eigenvalue weighted by Gasteiger charge is 2.38. The van der Waals surface area contributed by atoms with Crippen LogP contribution >= 0.6 is 11.6 Å². The van der Waals surface area contributed by atoms with Crippen LogP contribution in [0.2, 0.25) is 0 Å². The van der Waals surface area contributed by atoms with Crippen molar-refractivity contribution in [2.24, 2.45) is 0 Å². The Bertz CT molecular complexity index is 205. The average molecular weight is 190 g/mol. The van der Waals surface area contributed by atoms with Crippen molar-refractivity contribution in [3.05, 3.63) is 11.6 Å². The van der Waals surface area contributed by atoms with Gasteiger partial charge in [-0.15, -0.1) is 0 Å². The highest BCUT2D eigenvalue weighted by Crippen LogP contribution is 2.18. The van der Waals surface area contributed by atoms with Gasteiger partial charge in [0.05, 0.1) is 6.61 Å². The van der Waals surface area contributed by atoms with E-state index in [1.165, 1.54) is 5.54 Å². The third kappa shape index (κ3) is 1.99. The van der Waals surface area contributed by atoms with Gasteiger partial charge in [0.2, 0.25) is 0 Å². The van der Waals surface area contributed by atoms with Crippen molar-refractivity contribution in [2.45, 2.75) is 18.9 Å². The number of carbonyl (C=O) groups is 1. The molecular weight excluding hydrogens is 178 g/mol. The lowest BCUT2D eigenvalue weighted by molar-refractivity contribution is -0.142. The van der Waals surface area contributed by atoms with Crippen molar-refractivity contribution >= 4 is 17.6 Å². The van der Waals surface area contributed by atoms with Gasteiger partial charge in [0.25, 0.3) is 0 Å². The normalized spacial score (nSPS) is 29.7. The molecule has 1 saturated heterocycles. The fourth-order valence-electron chi connectivity index (χ4n) is 1.10. The van der Waals surface area contributed by atoms with E-state index in [1.807, 2.05) is 6.92 Å². The van der Waals surface area contributed by atoms with Crippen molar-refractivity contribution in [2.75, 3.05) is 13.2 Å². The van der Waals surface area contributed by atoms with Crippen LogP contribution in [-0.2, 0) is 9.53 Å². The van der Waals surface area contributed by atoms with E-state index in [2.05, 4.69) is 5.32 Å². The molecule has 4 heteroatoms. The summed E-state index contributed by atoms with van der Waals surface area (Å²) in [5, 5.41) is 3.06. The molecule has 1 N–H and O–H groups in total. The molecule has 0 amide bonds. The van der Waals surface area contributed by atoms with Crippen LogP contribution in [0.5, 0.6) is 0 Å². The number of nitrogens with one attached hydrogen (secondary N) is 1. The SMILES string of the molecule is CC1(NC/C=C/Cl)CCOC1=O. The Kier molecular flexibility index (Phi) is 3.12. The molecule has 68 valence electrons. The first-order valence-electron chi connectivity index (χ1n) is 3.86. The van der Waals surface area contributed by atoms with E-state index in [9.17, 15) is 4.79 Å². The van der Waals surface area contributed by atoms with Crippen LogP contribution in [-0.4, -0.2) is 24.7 Å². The van der Waals surface area contributed by atoms with Gasteiger partial charge in [-0.1, -0.05) is 17.7 Å². The second kappa shape index (κ2) is 3.92. The predicted octanol–water partition coefficient (Wildman–Crippen LogP) is 1.03. The maximum Gasteiger partial charge on any atom is 0.326 e. The Morgan fingerprint density at radius 2 is 2.58 bits per heavy atom. The molecule has 0 aromatic rings. The molecule has 1 atom stereocenters. The van der Waals surface area contributed by atoms with Gasteiger partial charge in [-0.2, -0.15) is 0 Å². The highest BCUT2D eigenvalue weighted by atomic mass is 35.5. The number of hydrogen-bond donors (Lipinski definition) is 1. The second-order valence-electron chi connectivity index (χ2n) is 2.96. The average Bonchev–Trinajstić information content (AvgIpc) is 2.34. The highest BCUT2D eigenvalue weighted by molar-refractivity contribution is 6.25. The summed E-state index contributed by atoms with van der Waals surface area (Å²) in [7, 11) is 0. The lowest BCUT2D eigenvalue weighted by atomic mass is 10.0. The number of hydrogen-bond acceptors (Lipinski definition) is 3. The fourth-order valence-corrected chi connectivity index (χ4v) is 1.19. The van der Waals surface area contributed by atoms with Crippen LogP contribution in [0.3, 0.4) is 0 Å². The summed E-state index contributed by atoms with van der Waals surface area (Å²) in [5.74, 6) is -0.175. The Hall–Kier alpha value is -0.540. The van der Waals surface area contributed by atoms with Crippen molar-refractivity contribution in [3.63, 3.8) is 0 Å². The molecule has 1 aliphatic rings. The third-order valence-corrected chi connectivity index (χ3v) is 2.16. The van der Waals surface area contributed by atoms with Gasteiger partial charge >= 0.3 is 5.97 Å². The lowest BCUT2D eigenvalue weighted by Crippen LogP contribution is -2.46. The zero-order chi connectivity index (χ0) is 9.03. The summed E-state index contributed by atoms with van der Waals surface area (Å²) in [4.78, 5) is 11.1. The molecule has 0 spiro atoms. The topological polar surface area (TPSA) is 38.3 Å². The van der Waals surface area contributed by atoms with Crippen molar-refractivity contribution < 1.29 is 9.53 Å². The zero-order valence-corrected chi connectivity index (χ0v) is 7.73. The zero-order valence-electron chi connectivity index (χ0n) is 6.97. The molecule has 1 rings (SSSR count). The van der Waals surface area contributed by atoms with Crippen LogP contribution in [0.4, 0.5) is 0 Å². The van der Waals surface area contributed by atoms with Crippen LogP contribution in [0, 0.1) is 0 Å². The van der Waals surface area contributed by atoms with Gasteiger partial charge < -0.3 is 4.74 Å². The fraction of sp³-hybridized carbons (Fsp3) is 0.625. The molecule has 0 aromatic carbocycles. The molecule has 0 radical (unpaired) electrons. The van der Waals surface area contributed by atoms with Crippen molar-refractivity contribution in [1.82, 2.24) is 5.32 Å². The summed E-state index contributed by atoms with van der Waals surface area (Å²) in [5.41, 5.74) is 0.910. The number of rotatable bonds is 3. The molecule has 1 heterocycles. The Morgan fingerprint density at radius 3 is 3.08 bits per heavy atom. The van der Waals surface area contributed by atoms with Gasteiger partial charge in [0, 0.05) is 18.5 Å². The molecule has 1 fully saturated rings. The molecule has 3 nitrogen and oxygen atoms in total. The summed E-state index contributed by atoms with van der Waals surface area (Å²) in [6, 6.07) is 0. The minimum absolute atomic E-state index is 0.175. The van der Waals surface area contributed by atoms with Gasteiger partial charge in [-0.05, 0) is 6.92 Å². The van der Waals surface area contributed by atoms with Gasteiger partial charge in [0.15, 0.2) is 0 Å². The first-order valence-corrected chi connectivity index (χ1v) is 4.30. The number of cyclic esters (lactones) is 1. The van der Waals surface area contributed by atoms with Crippen LogP contribution in [0.1, 0.15) is 13.3 Å². The summed E-state index contributed by atoms with van der Waals surface area (Å²) in [6.45, 7) is 2.94. The van der Waals surface area contributed by atoms with E-state index >= 15 is 0 Å². The Balaban J connectivity index is 2.43. The standard InChI is InChI=1S/C8H12ClNO2/c1-8(10-5-2-4-9)3-6-12-7(8)11/h2,4,10H,3,5-6H2,1H3/b4-2+. The number of esters is 1. The van der Waals surface area contributed by atoms with E-state index in [0.29, 0.717) is 13.2 Å². The molecule has 0 aromatic heterocycles. The third-order valence-electron chi connectivity index (χ3n) is 1.98. The van der Waals surface area contributed by atoms with Crippen molar-refractivity contribution in [3.8, 4) is 0 Å². The quantitative estimate of drug-likeness (QED) is 0.675. The Labute approximate surface area is 76.7 Å². The number of ether oxygens (including phenoxy) is 1. The first-order chi connectivity index (χ1) is 5.69. The van der Waals surface area contributed by atoms with E-state index in [-0.39, 0.29) is 5.97 Å². The van der Waals surface area contributed by atoms with Gasteiger partial charge in [0.1, 0.15) is 5.54 Å². The minimum atomic E-state index is -0.517. The summed E-state index contributed by atoms with van der Waals surface area (Å²) < 4.78 is 4.84. The van der Waals surface area contributed by atoms with E-state index in [0.717, 1.165) is 6.42 Å². The maximum absolute atomic E-state index is 11.1. The predicted molar refractivity (Wildman–Crippen MR) is 47.0 cm³/mol. The molecular formula is C8H12ClNO2. The number of carbonyl (C=O) groups excluding carboxylic acids is 1. The molecule has 0 bridgehead atoms. The largest absolute Gasteiger partial charge is 0.464 e.